The summed E-state index contributed by atoms with van der Waals surface area (Å²) in [6, 6.07) is 0. The van der Waals surface area contributed by atoms with Crippen LogP contribution in [-0.2, 0) is 11.3 Å². The normalized spacial score (nSPS) is 20.4. The van der Waals surface area contributed by atoms with Crippen molar-refractivity contribution in [2.75, 3.05) is 39.8 Å². The average molecular weight is 268 g/mol. The Morgan fingerprint density at radius 3 is 3.26 bits per heavy atom. The minimum atomic E-state index is -0.236. The molecule has 8 heteroatoms. The van der Waals surface area contributed by atoms with Gasteiger partial charge in [0.1, 0.15) is 0 Å². The average Bonchev–Trinajstić information content (AvgIpc) is 2.85. The summed E-state index contributed by atoms with van der Waals surface area (Å²) >= 11 is 0. The van der Waals surface area contributed by atoms with Gasteiger partial charge in [0.15, 0.2) is 5.69 Å². The van der Waals surface area contributed by atoms with Crippen molar-refractivity contribution in [3.63, 3.8) is 0 Å². The van der Waals surface area contributed by atoms with E-state index in [2.05, 4.69) is 20.5 Å². The van der Waals surface area contributed by atoms with E-state index < -0.39 is 0 Å². The number of nitrogens with two attached hydrogens (primary N) is 1. The van der Waals surface area contributed by atoms with E-state index in [1.807, 2.05) is 7.05 Å². The fraction of sp³-hybridized carbons (Fsp3) is 0.727. The molecule has 1 saturated heterocycles. The maximum atomic E-state index is 11.9. The third kappa shape index (κ3) is 3.98. The molecule has 0 aromatic carbocycles. The second-order valence-corrected chi connectivity index (χ2v) is 4.62. The van der Waals surface area contributed by atoms with Gasteiger partial charge in [0.2, 0.25) is 0 Å². The number of rotatable bonds is 5. The van der Waals surface area contributed by atoms with E-state index in [9.17, 15) is 4.79 Å². The molecule has 1 aliphatic rings. The summed E-state index contributed by atoms with van der Waals surface area (Å²) in [5, 5.41) is 10.4. The predicted octanol–water partition coefficient (Wildman–Crippen LogP) is -1.70. The number of ether oxygens (including phenoxy) is 1. The summed E-state index contributed by atoms with van der Waals surface area (Å²) < 4.78 is 7.12. The van der Waals surface area contributed by atoms with Crippen LogP contribution in [0.3, 0.4) is 0 Å². The van der Waals surface area contributed by atoms with E-state index in [1.54, 1.807) is 10.9 Å². The zero-order chi connectivity index (χ0) is 13.7. The molecule has 1 aromatic heterocycles. The molecule has 0 bridgehead atoms. The molecular weight excluding hydrogens is 248 g/mol. The minimum absolute atomic E-state index is 0.0294. The second kappa shape index (κ2) is 6.60. The first-order valence-electron chi connectivity index (χ1n) is 6.37. The fourth-order valence-electron chi connectivity index (χ4n) is 1.93. The van der Waals surface area contributed by atoms with Gasteiger partial charge >= 0.3 is 0 Å². The van der Waals surface area contributed by atoms with Gasteiger partial charge in [-0.15, -0.1) is 5.10 Å². The molecule has 1 aliphatic heterocycles. The second-order valence-electron chi connectivity index (χ2n) is 4.62. The Balaban J connectivity index is 1.79. The van der Waals surface area contributed by atoms with Gasteiger partial charge in [0.05, 0.1) is 25.5 Å². The molecule has 0 spiro atoms. The van der Waals surface area contributed by atoms with Gasteiger partial charge in [-0.1, -0.05) is 5.21 Å². The Hall–Kier alpha value is -1.51. The maximum absolute atomic E-state index is 11.9. The number of carbonyl (C=O) groups is 1. The van der Waals surface area contributed by atoms with Crippen molar-refractivity contribution in [2.45, 2.75) is 12.6 Å². The lowest BCUT2D eigenvalue weighted by Gasteiger charge is -2.29. The van der Waals surface area contributed by atoms with Crippen molar-refractivity contribution < 1.29 is 9.53 Å². The SMILES string of the molecule is CN1CCOC(CNC(=O)c2cn(CCN)nn2)C1. The molecule has 19 heavy (non-hydrogen) atoms. The van der Waals surface area contributed by atoms with E-state index >= 15 is 0 Å². The third-order valence-corrected chi connectivity index (χ3v) is 2.96. The zero-order valence-electron chi connectivity index (χ0n) is 11.1. The van der Waals surface area contributed by atoms with Gasteiger partial charge in [-0.3, -0.25) is 9.48 Å². The lowest BCUT2D eigenvalue weighted by molar-refractivity contribution is -0.0175. The van der Waals surface area contributed by atoms with Gasteiger partial charge in [-0.05, 0) is 7.05 Å². The molecule has 2 heterocycles. The van der Waals surface area contributed by atoms with Gasteiger partial charge in [0, 0.05) is 26.2 Å². The van der Waals surface area contributed by atoms with Crippen LogP contribution < -0.4 is 11.1 Å². The van der Waals surface area contributed by atoms with E-state index in [-0.39, 0.29) is 12.0 Å². The van der Waals surface area contributed by atoms with Crippen molar-refractivity contribution >= 4 is 5.91 Å². The van der Waals surface area contributed by atoms with Crippen LogP contribution in [0.15, 0.2) is 6.20 Å². The van der Waals surface area contributed by atoms with Crippen LogP contribution in [0.5, 0.6) is 0 Å². The van der Waals surface area contributed by atoms with Crippen molar-refractivity contribution in [2.24, 2.45) is 5.73 Å². The molecule has 0 radical (unpaired) electrons. The molecule has 106 valence electrons. The van der Waals surface area contributed by atoms with Crippen molar-refractivity contribution in [3.05, 3.63) is 11.9 Å². The van der Waals surface area contributed by atoms with Crippen molar-refractivity contribution in [1.82, 2.24) is 25.2 Å². The summed E-state index contributed by atoms with van der Waals surface area (Å²) in [5.41, 5.74) is 5.71. The Kier molecular flexibility index (Phi) is 4.83. The Labute approximate surface area is 111 Å². The van der Waals surface area contributed by atoms with Crippen LogP contribution in [0.25, 0.3) is 0 Å². The third-order valence-electron chi connectivity index (χ3n) is 2.96. The summed E-state index contributed by atoms with van der Waals surface area (Å²) in [4.78, 5) is 14.0. The van der Waals surface area contributed by atoms with Gasteiger partial charge in [-0.25, -0.2) is 0 Å². The molecule has 1 aromatic rings. The number of amides is 1. The standard InChI is InChI=1S/C11H20N6O2/c1-16-4-5-19-9(7-16)6-13-11(18)10-8-17(3-2-12)15-14-10/h8-9H,2-7,12H2,1H3,(H,13,18). The number of carbonyl (C=O) groups excluding carboxylic acids is 1. The molecule has 1 amide bonds. The van der Waals surface area contributed by atoms with E-state index in [0.29, 0.717) is 31.9 Å². The highest BCUT2D eigenvalue weighted by Gasteiger charge is 2.19. The summed E-state index contributed by atoms with van der Waals surface area (Å²) in [7, 11) is 2.04. The Morgan fingerprint density at radius 2 is 2.53 bits per heavy atom. The van der Waals surface area contributed by atoms with Crippen molar-refractivity contribution in [3.8, 4) is 0 Å². The van der Waals surface area contributed by atoms with Crippen LogP contribution in [-0.4, -0.2) is 71.7 Å². The van der Waals surface area contributed by atoms with Gasteiger partial charge in [-0.2, -0.15) is 0 Å². The highest BCUT2D eigenvalue weighted by molar-refractivity contribution is 5.91. The van der Waals surface area contributed by atoms with Crippen molar-refractivity contribution in [1.29, 1.82) is 0 Å². The maximum Gasteiger partial charge on any atom is 0.273 e. The minimum Gasteiger partial charge on any atom is -0.374 e. The summed E-state index contributed by atoms with van der Waals surface area (Å²) in [6.07, 6.45) is 1.62. The first kappa shape index (κ1) is 13.9. The van der Waals surface area contributed by atoms with E-state index in [0.717, 1.165) is 13.1 Å². The Bertz CT molecular complexity index is 421. The topological polar surface area (TPSA) is 98.3 Å². The van der Waals surface area contributed by atoms with E-state index in [1.165, 1.54) is 0 Å². The van der Waals surface area contributed by atoms with Crippen LogP contribution >= 0.6 is 0 Å². The first-order valence-corrected chi connectivity index (χ1v) is 6.37. The largest absolute Gasteiger partial charge is 0.374 e. The molecule has 0 aliphatic carbocycles. The predicted molar refractivity (Wildman–Crippen MR) is 68.6 cm³/mol. The highest BCUT2D eigenvalue weighted by Crippen LogP contribution is 2.02. The number of hydrogen-bond donors (Lipinski definition) is 2. The molecule has 1 fully saturated rings. The number of morpholine rings is 1. The number of aromatic nitrogens is 3. The van der Waals surface area contributed by atoms with Crippen LogP contribution in [0.1, 0.15) is 10.5 Å². The molecule has 3 N–H and O–H groups in total. The fourth-order valence-corrected chi connectivity index (χ4v) is 1.93. The zero-order valence-corrected chi connectivity index (χ0v) is 11.1. The molecule has 8 nitrogen and oxygen atoms in total. The monoisotopic (exact) mass is 268 g/mol. The summed E-state index contributed by atoms with van der Waals surface area (Å²) in [5.74, 6) is -0.236. The van der Waals surface area contributed by atoms with Crippen LogP contribution in [0, 0.1) is 0 Å². The molecule has 0 saturated carbocycles. The molecule has 1 unspecified atom stereocenters. The molecule has 1 atom stereocenters. The highest BCUT2D eigenvalue weighted by atomic mass is 16.5. The molecular formula is C11H20N6O2. The Morgan fingerprint density at radius 1 is 1.68 bits per heavy atom. The first-order chi connectivity index (χ1) is 9.19. The van der Waals surface area contributed by atoms with E-state index in [4.69, 9.17) is 10.5 Å². The van der Waals surface area contributed by atoms with Crippen LogP contribution in [0.4, 0.5) is 0 Å². The summed E-state index contributed by atoms with van der Waals surface area (Å²) in [6.45, 7) is 3.94. The number of nitrogens with zero attached hydrogens (tertiary/aromatic N) is 4. The lowest BCUT2D eigenvalue weighted by atomic mass is 10.3. The van der Waals surface area contributed by atoms with Gasteiger partial charge < -0.3 is 20.7 Å². The molecule has 2 rings (SSSR count). The quantitative estimate of drug-likeness (QED) is 0.660. The van der Waals surface area contributed by atoms with Crippen LogP contribution in [0.2, 0.25) is 0 Å². The number of likely N-dealkylation sites (N-methyl/N-ethyl adjacent to an activating group) is 1. The smallest absolute Gasteiger partial charge is 0.273 e. The number of nitrogens with one attached hydrogen (secondary N) is 1. The van der Waals surface area contributed by atoms with Gasteiger partial charge in [0.25, 0.3) is 5.91 Å². The lowest BCUT2D eigenvalue weighted by Crippen LogP contribution is -2.46. The number of hydrogen-bond acceptors (Lipinski definition) is 6.